The number of anilines is 1. The molecule has 0 spiro atoms. The summed E-state index contributed by atoms with van der Waals surface area (Å²) in [6.07, 6.45) is 5.91. The third kappa shape index (κ3) is 2.64. The summed E-state index contributed by atoms with van der Waals surface area (Å²) in [7, 11) is 4.03. The van der Waals surface area contributed by atoms with Gasteiger partial charge in [-0.25, -0.2) is 4.98 Å². The lowest BCUT2D eigenvalue weighted by molar-refractivity contribution is 0.465. The summed E-state index contributed by atoms with van der Waals surface area (Å²) in [6.45, 7) is 4.30. The Morgan fingerprint density at radius 1 is 1.10 bits per heavy atom. The first-order chi connectivity index (χ1) is 9.97. The molecule has 0 bridgehead atoms. The Labute approximate surface area is 125 Å². The number of aromatic nitrogens is 3. The molecule has 106 valence electrons. The molecule has 0 unspecified atom stereocenters. The SMILES string of the molecule is BC(C)(C)n1cc(-c2ccc3cnc(NC)cc3c2)cn1. The Kier molecular flexibility index (Phi) is 3.20. The van der Waals surface area contributed by atoms with E-state index in [1.54, 1.807) is 0 Å². The molecule has 4 nitrogen and oxygen atoms in total. The highest BCUT2D eigenvalue weighted by Crippen LogP contribution is 2.26. The van der Waals surface area contributed by atoms with Gasteiger partial charge in [-0.1, -0.05) is 12.1 Å². The van der Waals surface area contributed by atoms with Gasteiger partial charge in [0.15, 0.2) is 0 Å². The second-order valence-corrected chi connectivity index (χ2v) is 6.23. The van der Waals surface area contributed by atoms with Gasteiger partial charge in [0.05, 0.1) is 6.20 Å². The van der Waals surface area contributed by atoms with E-state index in [4.69, 9.17) is 0 Å². The predicted molar refractivity (Wildman–Crippen MR) is 90.4 cm³/mol. The first-order valence-corrected chi connectivity index (χ1v) is 7.10. The smallest absolute Gasteiger partial charge is 0.136 e. The van der Waals surface area contributed by atoms with Gasteiger partial charge in [0.2, 0.25) is 0 Å². The fourth-order valence-corrected chi connectivity index (χ4v) is 2.30. The van der Waals surface area contributed by atoms with Crippen molar-refractivity contribution in [3.05, 3.63) is 42.9 Å². The van der Waals surface area contributed by atoms with Crippen LogP contribution < -0.4 is 5.32 Å². The number of pyridine rings is 1. The van der Waals surface area contributed by atoms with Crippen LogP contribution in [0.1, 0.15) is 13.8 Å². The van der Waals surface area contributed by atoms with Crippen molar-refractivity contribution in [3.63, 3.8) is 0 Å². The van der Waals surface area contributed by atoms with Crippen LogP contribution in [0.5, 0.6) is 0 Å². The molecule has 0 saturated carbocycles. The molecule has 0 aliphatic heterocycles. The molecule has 21 heavy (non-hydrogen) atoms. The Hall–Kier alpha value is -2.30. The van der Waals surface area contributed by atoms with Gasteiger partial charge in [-0.2, -0.15) is 5.10 Å². The van der Waals surface area contributed by atoms with Crippen molar-refractivity contribution in [1.29, 1.82) is 0 Å². The number of rotatable bonds is 3. The highest BCUT2D eigenvalue weighted by Gasteiger charge is 2.14. The first-order valence-electron chi connectivity index (χ1n) is 7.10. The zero-order valence-electron chi connectivity index (χ0n) is 12.9. The highest BCUT2D eigenvalue weighted by atomic mass is 15.3. The third-order valence-corrected chi connectivity index (χ3v) is 3.58. The lowest BCUT2D eigenvalue weighted by Gasteiger charge is -2.18. The Morgan fingerprint density at radius 2 is 1.90 bits per heavy atom. The van der Waals surface area contributed by atoms with Crippen LogP contribution in [0.4, 0.5) is 5.82 Å². The largest absolute Gasteiger partial charge is 0.373 e. The minimum Gasteiger partial charge on any atom is -0.373 e. The molecule has 0 amide bonds. The van der Waals surface area contributed by atoms with Crippen molar-refractivity contribution in [1.82, 2.24) is 14.8 Å². The average Bonchev–Trinajstić information content (AvgIpc) is 2.96. The second-order valence-electron chi connectivity index (χ2n) is 6.23. The maximum atomic E-state index is 4.47. The number of benzene rings is 1. The molecule has 1 N–H and O–H groups in total. The molecule has 3 aromatic rings. The first kappa shape index (κ1) is 13.7. The minimum absolute atomic E-state index is 0.00167. The summed E-state index contributed by atoms with van der Waals surface area (Å²) in [4.78, 5) is 4.34. The number of hydrogen-bond acceptors (Lipinski definition) is 3. The van der Waals surface area contributed by atoms with E-state index in [0.717, 1.165) is 16.8 Å². The number of nitrogens with one attached hydrogen (secondary N) is 1. The summed E-state index contributed by atoms with van der Waals surface area (Å²) >= 11 is 0. The summed E-state index contributed by atoms with van der Waals surface area (Å²) in [6, 6.07) is 8.47. The van der Waals surface area contributed by atoms with Gasteiger partial charge in [0, 0.05) is 35.8 Å². The average molecular weight is 278 g/mol. The van der Waals surface area contributed by atoms with Gasteiger partial charge in [-0.15, -0.1) is 0 Å². The molecular weight excluding hydrogens is 259 g/mol. The number of hydrogen-bond donors (Lipinski definition) is 1. The zero-order valence-corrected chi connectivity index (χ0v) is 12.9. The van der Waals surface area contributed by atoms with Gasteiger partial charge in [0.25, 0.3) is 0 Å². The Balaban J connectivity index is 2.06. The minimum atomic E-state index is -0.00167. The van der Waals surface area contributed by atoms with Crippen LogP contribution in [0.2, 0.25) is 0 Å². The standard InChI is InChI=1S/C16H19BN4/c1-16(2,17)21-10-14(9-20-21)11-4-5-12-8-19-15(18-3)7-13(12)6-11/h4-10H,17H2,1-3H3,(H,18,19). The molecule has 0 fully saturated rings. The van der Waals surface area contributed by atoms with E-state index in [1.807, 2.05) is 24.1 Å². The van der Waals surface area contributed by atoms with E-state index in [1.165, 1.54) is 10.9 Å². The van der Waals surface area contributed by atoms with Crippen molar-refractivity contribution in [2.75, 3.05) is 12.4 Å². The molecule has 0 atom stereocenters. The van der Waals surface area contributed by atoms with E-state index in [9.17, 15) is 0 Å². The van der Waals surface area contributed by atoms with Crippen LogP contribution in [-0.2, 0) is 5.44 Å². The van der Waals surface area contributed by atoms with E-state index in [0.29, 0.717) is 0 Å². The van der Waals surface area contributed by atoms with Crippen LogP contribution in [-0.4, -0.2) is 29.7 Å². The van der Waals surface area contributed by atoms with E-state index in [2.05, 4.69) is 67.6 Å². The van der Waals surface area contributed by atoms with Gasteiger partial charge >= 0.3 is 0 Å². The van der Waals surface area contributed by atoms with Crippen LogP contribution in [0.15, 0.2) is 42.9 Å². The summed E-state index contributed by atoms with van der Waals surface area (Å²) in [5.74, 6) is 0.880. The van der Waals surface area contributed by atoms with Crippen molar-refractivity contribution >= 4 is 24.4 Å². The lowest BCUT2D eigenvalue weighted by Crippen LogP contribution is -2.26. The molecule has 1 aromatic carbocycles. The van der Waals surface area contributed by atoms with Crippen LogP contribution >= 0.6 is 0 Å². The van der Waals surface area contributed by atoms with Crippen molar-refractivity contribution < 1.29 is 0 Å². The Morgan fingerprint density at radius 3 is 2.57 bits per heavy atom. The zero-order chi connectivity index (χ0) is 15.0. The van der Waals surface area contributed by atoms with Crippen LogP contribution in [0.3, 0.4) is 0 Å². The summed E-state index contributed by atoms with van der Waals surface area (Å²) in [5, 5.41) is 9.86. The fourth-order valence-electron chi connectivity index (χ4n) is 2.30. The molecule has 2 aromatic heterocycles. The number of nitrogens with zero attached hydrogens (tertiary/aromatic N) is 3. The number of fused-ring (bicyclic) bond motifs is 1. The van der Waals surface area contributed by atoms with Crippen molar-refractivity contribution in [3.8, 4) is 11.1 Å². The van der Waals surface area contributed by atoms with Crippen molar-refractivity contribution in [2.45, 2.75) is 19.3 Å². The molecule has 0 radical (unpaired) electrons. The molecular formula is C16H19BN4. The topological polar surface area (TPSA) is 42.7 Å². The molecule has 3 rings (SSSR count). The van der Waals surface area contributed by atoms with E-state index < -0.39 is 0 Å². The van der Waals surface area contributed by atoms with E-state index in [-0.39, 0.29) is 5.44 Å². The van der Waals surface area contributed by atoms with Gasteiger partial charge in [0.1, 0.15) is 13.7 Å². The maximum absolute atomic E-state index is 4.47. The Bertz CT molecular complexity index is 786. The quantitative estimate of drug-likeness (QED) is 0.748. The second kappa shape index (κ2) is 4.92. The molecule has 0 aliphatic rings. The van der Waals surface area contributed by atoms with Gasteiger partial charge in [-0.05, 0) is 36.9 Å². The lowest BCUT2D eigenvalue weighted by atomic mass is 9.82. The van der Waals surface area contributed by atoms with E-state index >= 15 is 0 Å². The predicted octanol–water partition coefficient (Wildman–Crippen LogP) is 2.47. The van der Waals surface area contributed by atoms with Crippen LogP contribution in [0, 0.1) is 0 Å². The summed E-state index contributed by atoms with van der Waals surface area (Å²) in [5.41, 5.74) is 2.30. The van der Waals surface area contributed by atoms with Crippen LogP contribution in [0.25, 0.3) is 21.9 Å². The molecule has 0 saturated heterocycles. The molecule has 2 heterocycles. The normalized spacial score (nSPS) is 11.8. The molecule has 0 aliphatic carbocycles. The van der Waals surface area contributed by atoms with Gasteiger partial charge in [-0.3, -0.25) is 4.68 Å². The molecule has 5 heteroatoms. The monoisotopic (exact) mass is 278 g/mol. The van der Waals surface area contributed by atoms with Crippen molar-refractivity contribution in [2.24, 2.45) is 0 Å². The third-order valence-electron chi connectivity index (χ3n) is 3.58. The fraction of sp³-hybridized carbons (Fsp3) is 0.250. The van der Waals surface area contributed by atoms with Gasteiger partial charge < -0.3 is 5.32 Å². The summed E-state index contributed by atoms with van der Waals surface area (Å²) < 4.78 is 2.00. The maximum Gasteiger partial charge on any atom is 0.136 e. The highest BCUT2D eigenvalue weighted by molar-refractivity contribution is 6.13.